The second-order valence-corrected chi connectivity index (χ2v) is 6.40. The molecule has 2 rings (SSSR count). The number of amides is 2. The molecule has 24 heavy (non-hydrogen) atoms. The van der Waals surface area contributed by atoms with Gasteiger partial charge < -0.3 is 20.8 Å². The van der Waals surface area contributed by atoms with Crippen LogP contribution in [0.4, 0.5) is 4.79 Å². The fourth-order valence-electron chi connectivity index (χ4n) is 3.10. The van der Waals surface area contributed by atoms with Gasteiger partial charge in [-0.15, -0.1) is 0 Å². The Labute approximate surface area is 142 Å². The lowest BCUT2D eigenvalue weighted by atomic mass is 9.93. The van der Waals surface area contributed by atoms with Gasteiger partial charge in [-0.25, -0.2) is 4.79 Å². The van der Waals surface area contributed by atoms with Crippen molar-refractivity contribution in [3.8, 4) is 0 Å². The Hall–Kier alpha value is -2.08. The van der Waals surface area contributed by atoms with Gasteiger partial charge in [0.05, 0.1) is 12.1 Å². The standard InChI is InChI=1S/C18H26N2O4/c21-16-9-5-4-8-15(16)20-18(24)19-14(10-11-17(22)23)12-13-6-2-1-3-7-13/h1-3,6-7,14-16,21H,4-5,8-12H2,(H,22,23)(H2,19,20,24)/t14?,15-,16-/m1/s1. The van der Waals surface area contributed by atoms with Crippen molar-refractivity contribution in [3.63, 3.8) is 0 Å². The van der Waals surface area contributed by atoms with Crippen molar-refractivity contribution in [3.05, 3.63) is 35.9 Å². The molecule has 0 aromatic heterocycles. The highest BCUT2D eigenvalue weighted by Gasteiger charge is 2.25. The van der Waals surface area contributed by atoms with Crippen LogP contribution >= 0.6 is 0 Å². The van der Waals surface area contributed by atoms with Gasteiger partial charge in [0.15, 0.2) is 0 Å². The van der Waals surface area contributed by atoms with Gasteiger partial charge in [0, 0.05) is 12.5 Å². The first-order chi connectivity index (χ1) is 11.5. The SMILES string of the molecule is O=C(O)CCC(Cc1ccccc1)NC(=O)N[C@@H]1CCCC[C@H]1O. The molecular weight excluding hydrogens is 308 g/mol. The lowest BCUT2D eigenvalue weighted by Crippen LogP contribution is -2.51. The van der Waals surface area contributed by atoms with Crippen LogP contribution in [0.3, 0.4) is 0 Å². The number of hydrogen-bond donors (Lipinski definition) is 4. The number of aliphatic hydroxyl groups is 1. The summed E-state index contributed by atoms with van der Waals surface area (Å²) in [7, 11) is 0. The third-order valence-electron chi connectivity index (χ3n) is 4.41. The van der Waals surface area contributed by atoms with Crippen LogP contribution in [0.15, 0.2) is 30.3 Å². The highest BCUT2D eigenvalue weighted by atomic mass is 16.4. The Balaban J connectivity index is 1.90. The summed E-state index contributed by atoms with van der Waals surface area (Å²) in [6.45, 7) is 0. The van der Waals surface area contributed by atoms with Crippen LogP contribution in [0.2, 0.25) is 0 Å². The third-order valence-corrected chi connectivity index (χ3v) is 4.41. The van der Waals surface area contributed by atoms with Gasteiger partial charge in [-0.05, 0) is 31.2 Å². The molecule has 6 heteroatoms. The summed E-state index contributed by atoms with van der Waals surface area (Å²) in [5.41, 5.74) is 1.05. The maximum atomic E-state index is 12.2. The van der Waals surface area contributed by atoms with Crippen LogP contribution < -0.4 is 10.6 Å². The van der Waals surface area contributed by atoms with E-state index in [4.69, 9.17) is 5.11 Å². The Bertz CT molecular complexity index is 535. The van der Waals surface area contributed by atoms with Crippen LogP contribution in [-0.2, 0) is 11.2 Å². The van der Waals surface area contributed by atoms with Gasteiger partial charge in [0.1, 0.15) is 0 Å². The zero-order valence-electron chi connectivity index (χ0n) is 13.8. The van der Waals surface area contributed by atoms with Crippen molar-refractivity contribution in [1.29, 1.82) is 0 Å². The Morgan fingerprint density at radius 2 is 1.88 bits per heavy atom. The first kappa shape index (κ1) is 18.3. The van der Waals surface area contributed by atoms with Crippen molar-refractivity contribution in [2.45, 2.75) is 63.1 Å². The number of nitrogens with one attached hydrogen (secondary N) is 2. The third kappa shape index (κ3) is 6.20. The second-order valence-electron chi connectivity index (χ2n) is 6.40. The highest BCUT2D eigenvalue weighted by molar-refractivity contribution is 5.75. The molecular formula is C18H26N2O4. The minimum Gasteiger partial charge on any atom is -0.481 e. The predicted octanol–water partition coefficient (Wildman–Crippen LogP) is 2.07. The molecule has 6 nitrogen and oxygen atoms in total. The van der Waals surface area contributed by atoms with Crippen molar-refractivity contribution in [2.75, 3.05) is 0 Å². The molecule has 1 saturated carbocycles. The molecule has 1 unspecified atom stereocenters. The molecule has 4 N–H and O–H groups in total. The molecule has 0 aliphatic heterocycles. The van der Waals surface area contributed by atoms with Gasteiger partial charge in [-0.3, -0.25) is 4.79 Å². The topological polar surface area (TPSA) is 98.7 Å². The highest BCUT2D eigenvalue weighted by Crippen LogP contribution is 2.18. The van der Waals surface area contributed by atoms with Crippen LogP contribution in [0.1, 0.15) is 44.1 Å². The number of hydrogen-bond acceptors (Lipinski definition) is 3. The molecule has 1 aliphatic carbocycles. The van der Waals surface area contributed by atoms with E-state index in [9.17, 15) is 14.7 Å². The number of aliphatic hydroxyl groups excluding tert-OH is 1. The van der Waals surface area contributed by atoms with E-state index in [1.165, 1.54) is 0 Å². The normalized spacial score (nSPS) is 21.7. The summed E-state index contributed by atoms with van der Waals surface area (Å²) in [6, 6.07) is 8.84. The Morgan fingerprint density at radius 3 is 2.54 bits per heavy atom. The molecule has 1 aromatic carbocycles. The fourth-order valence-corrected chi connectivity index (χ4v) is 3.10. The summed E-state index contributed by atoms with van der Waals surface area (Å²) in [5, 5.41) is 24.5. The van der Waals surface area contributed by atoms with E-state index in [1.54, 1.807) is 0 Å². The lowest BCUT2D eigenvalue weighted by Gasteiger charge is -2.29. The molecule has 3 atom stereocenters. The second kappa shape index (κ2) is 9.27. The number of carboxylic acids is 1. The van der Waals surface area contributed by atoms with E-state index in [2.05, 4.69) is 10.6 Å². The van der Waals surface area contributed by atoms with Gasteiger partial charge in [0.25, 0.3) is 0 Å². The summed E-state index contributed by atoms with van der Waals surface area (Å²) in [5.74, 6) is -0.877. The monoisotopic (exact) mass is 334 g/mol. The van der Waals surface area contributed by atoms with Crippen molar-refractivity contribution >= 4 is 12.0 Å². The Kier molecular flexibility index (Phi) is 7.06. The lowest BCUT2D eigenvalue weighted by molar-refractivity contribution is -0.137. The van der Waals surface area contributed by atoms with Gasteiger partial charge in [-0.2, -0.15) is 0 Å². The molecule has 0 heterocycles. The number of rotatable bonds is 7. The Morgan fingerprint density at radius 1 is 1.17 bits per heavy atom. The molecule has 1 aromatic rings. The zero-order chi connectivity index (χ0) is 17.4. The minimum absolute atomic E-state index is 0.00380. The molecule has 0 saturated heterocycles. The number of aliphatic carboxylic acids is 1. The maximum absolute atomic E-state index is 12.2. The first-order valence-electron chi connectivity index (χ1n) is 8.55. The zero-order valence-corrected chi connectivity index (χ0v) is 13.8. The van der Waals surface area contributed by atoms with Crippen LogP contribution in [0, 0.1) is 0 Å². The summed E-state index contributed by atoms with van der Waals surface area (Å²) in [4.78, 5) is 23.1. The number of benzene rings is 1. The number of carbonyl (C=O) groups is 2. The average molecular weight is 334 g/mol. The van der Waals surface area contributed by atoms with E-state index in [1.807, 2.05) is 30.3 Å². The average Bonchev–Trinajstić information content (AvgIpc) is 2.56. The number of urea groups is 1. The van der Waals surface area contributed by atoms with Gasteiger partial charge in [0.2, 0.25) is 0 Å². The fraction of sp³-hybridized carbons (Fsp3) is 0.556. The van der Waals surface area contributed by atoms with Crippen molar-refractivity contribution < 1.29 is 19.8 Å². The summed E-state index contributed by atoms with van der Waals surface area (Å²) in [6.07, 6.45) is 3.90. The predicted molar refractivity (Wildman–Crippen MR) is 90.7 cm³/mol. The van der Waals surface area contributed by atoms with Crippen LogP contribution in [-0.4, -0.2) is 40.4 Å². The van der Waals surface area contributed by atoms with Gasteiger partial charge >= 0.3 is 12.0 Å². The number of carbonyl (C=O) groups excluding carboxylic acids is 1. The smallest absolute Gasteiger partial charge is 0.315 e. The van der Waals surface area contributed by atoms with E-state index >= 15 is 0 Å². The van der Waals surface area contributed by atoms with Crippen molar-refractivity contribution in [2.24, 2.45) is 0 Å². The molecule has 2 amide bonds. The van der Waals surface area contributed by atoms with E-state index in [0.717, 1.165) is 24.8 Å². The van der Waals surface area contributed by atoms with Crippen LogP contribution in [0.5, 0.6) is 0 Å². The molecule has 132 valence electrons. The largest absolute Gasteiger partial charge is 0.481 e. The molecule has 0 spiro atoms. The molecule has 0 bridgehead atoms. The summed E-state index contributed by atoms with van der Waals surface area (Å²) >= 11 is 0. The summed E-state index contributed by atoms with van der Waals surface area (Å²) < 4.78 is 0. The number of carboxylic acid groups (broad SMARTS) is 1. The first-order valence-corrected chi connectivity index (χ1v) is 8.55. The van der Waals surface area contributed by atoms with Crippen LogP contribution in [0.25, 0.3) is 0 Å². The minimum atomic E-state index is -0.877. The maximum Gasteiger partial charge on any atom is 0.315 e. The molecule has 1 aliphatic rings. The molecule has 1 fully saturated rings. The van der Waals surface area contributed by atoms with Gasteiger partial charge in [-0.1, -0.05) is 43.2 Å². The van der Waals surface area contributed by atoms with E-state index in [-0.39, 0.29) is 24.5 Å². The molecule has 0 radical (unpaired) electrons. The van der Waals surface area contributed by atoms with E-state index < -0.39 is 12.1 Å². The van der Waals surface area contributed by atoms with Crippen molar-refractivity contribution in [1.82, 2.24) is 10.6 Å². The quantitative estimate of drug-likeness (QED) is 0.613. The van der Waals surface area contributed by atoms with E-state index in [0.29, 0.717) is 19.3 Å².